The van der Waals surface area contributed by atoms with Gasteiger partial charge >= 0.3 is 5.97 Å². The first-order valence-electron chi connectivity index (χ1n) is 7.21. The zero-order valence-corrected chi connectivity index (χ0v) is 15.3. The van der Waals surface area contributed by atoms with Crippen molar-refractivity contribution in [3.8, 4) is 11.5 Å². The molecule has 2 aromatic carbocycles. The first kappa shape index (κ1) is 19.7. The Kier molecular flexibility index (Phi) is 6.18. The molecule has 26 heavy (non-hydrogen) atoms. The fourth-order valence-corrected chi connectivity index (χ4v) is 2.45. The third-order valence-electron chi connectivity index (χ3n) is 3.36. The Morgan fingerprint density at radius 2 is 1.96 bits per heavy atom. The van der Waals surface area contributed by atoms with E-state index in [1.165, 1.54) is 38.6 Å². The van der Waals surface area contributed by atoms with Crippen molar-refractivity contribution in [3.05, 3.63) is 47.5 Å². The first-order valence-corrected chi connectivity index (χ1v) is 7.59. The number of fused-ring (bicyclic) bond motifs is 1. The van der Waals surface area contributed by atoms with Gasteiger partial charge in [0, 0.05) is 24.1 Å². The van der Waals surface area contributed by atoms with Gasteiger partial charge in [0.15, 0.2) is 11.5 Å². The summed E-state index contributed by atoms with van der Waals surface area (Å²) in [6.07, 6.45) is 1.38. The molecule has 6 nitrogen and oxygen atoms in total. The van der Waals surface area contributed by atoms with Crippen molar-refractivity contribution in [2.45, 2.75) is 6.92 Å². The number of hydrogen-bond acceptors (Lipinski definition) is 6. The molecule has 9 heteroatoms. The Balaban J connectivity index is 0.00000243. The first-order chi connectivity index (χ1) is 12.0. The number of rotatable bonds is 4. The normalized spacial score (nSPS) is 10.2. The molecule has 0 spiro atoms. The van der Waals surface area contributed by atoms with E-state index in [1.807, 2.05) is 0 Å². The second kappa shape index (κ2) is 8.16. The minimum absolute atomic E-state index is 0. The van der Waals surface area contributed by atoms with Gasteiger partial charge in [-0.05, 0) is 24.3 Å². The van der Waals surface area contributed by atoms with Crippen LogP contribution in [0, 0.1) is 5.82 Å². The molecule has 0 atom stereocenters. The molecule has 0 unspecified atom stereocenters. The van der Waals surface area contributed by atoms with Gasteiger partial charge in [-0.1, -0.05) is 11.6 Å². The van der Waals surface area contributed by atoms with Gasteiger partial charge in [-0.25, -0.2) is 14.4 Å². The summed E-state index contributed by atoms with van der Waals surface area (Å²) in [6.45, 7) is 1.30. The van der Waals surface area contributed by atoms with Crippen molar-refractivity contribution in [3.63, 3.8) is 0 Å². The summed E-state index contributed by atoms with van der Waals surface area (Å²) in [5, 5.41) is 3.64. The second-order valence-electron chi connectivity index (χ2n) is 5.09. The monoisotopic (exact) mass is 397 g/mol. The highest BCUT2D eigenvalue weighted by molar-refractivity contribution is 6.31. The van der Waals surface area contributed by atoms with E-state index in [-0.39, 0.29) is 23.2 Å². The number of carbonyl (C=O) groups excluding carboxylic acids is 1. The molecule has 0 aliphatic heterocycles. The minimum Gasteiger partial charge on any atom is -0.493 e. The van der Waals surface area contributed by atoms with Gasteiger partial charge in [0.1, 0.15) is 18.0 Å². The van der Waals surface area contributed by atoms with Crippen molar-refractivity contribution in [1.29, 1.82) is 0 Å². The number of anilines is 2. The van der Waals surface area contributed by atoms with E-state index in [0.717, 1.165) is 0 Å². The average Bonchev–Trinajstić information content (AvgIpc) is 2.57. The van der Waals surface area contributed by atoms with Crippen molar-refractivity contribution in [2.24, 2.45) is 0 Å². The van der Waals surface area contributed by atoms with Gasteiger partial charge in [-0.2, -0.15) is 0 Å². The van der Waals surface area contributed by atoms with E-state index in [1.54, 1.807) is 12.1 Å². The summed E-state index contributed by atoms with van der Waals surface area (Å²) in [7, 11) is 1.47. The summed E-state index contributed by atoms with van der Waals surface area (Å²) < 4.78 is 23.7. The van der Waals surface area contributed by atoms with Gasteiger partial charge in [0.2, 0.25) is 0 Å². The van der Waals surface area contributed by atoms with Gasteiger partial charge < -0.3 is 14.8 Å². The lowest BCUT2D eigenvalue weighted by molar-refractivity contribution is -0.132. The number of aromatic nitrogens is 2. The standard InChI is InChI=1S/C17H13ClFN3O3.ClH/c1-9(23)25-16-6-11-14(7-15(16)24-2)20-8-21-17(11)22-10-3-4-13(19)12(18)5-10;/h3-8H,1-2H3,(H,20,21,22);1H. The molecule has 1 aromatic heterocycles. The molecule has 3 rings (SSSR count). The van der Waals surface area contributed by atoms with Gasteiger partial charge in [0.05, 0.1) is 17.6 Å². The summed E-state index contributed by atoms with van der Waals surface area (Å²) in [6, 6.07) is 7.47. The van der Waals surface area contributed by atoms with Crippen LogP contribution in [0.4, 0.5) is 15.9 Å². The third kappa shape index (κ3) is 4.12. The number of carbonyl (C=O) groups is 1. The van der Waals surface area contributed by atoms with E-state index < -0.39 is 11.8 Å². The summed E-state index contributed by atoms with van der Waals surface area (Å²) >= 11 is 5.80. The van der Waals surface area contributed by atoms with Crippen LogP contribution in [0.15, 0.2) is 36.7 Å². The lowest BCUT2D eigenvalue weighted by Crippen LogP contribution is -2.04. The third-order valence-corrected chi connectivity index (χ3v) is 3.65. The maximum atomic E-state index is 13.3. The van der Waals surface area contributed by atoms with Crippen molar-refractivity contribution >= 4 is 52.4 Å². The molecule has 0 saturated carbocycles. The van der Waals surface area contributed by atoms with E-state index in [0.29, 0.717) is 28.2 Å². The second-order valence-corrected chi connectivity index (χ2v) is 5.50. The van der Waals surface area contributed by atoms with Crippen LogP contribution in [0.3, 0.4) is 0 Å². The van der Waals surface area contributed by atoms with Crippen molar-refractivity contribution in [1.82, 2.24) is 9.97 Å². The van der Waals surface area contributed by atoms with E-state index in [9.17, 15) is 9.18 Å². The predicted molar refractivity (Wildman–Crippen MR) is 99.3 cm³/mol. The Hall–Kier alpha value is -2.64. The molecule has 0 fully saturated rings. The Labute approximate surface area is 159 Å². The van der Waals surface area contributed by atoms with Crippen LogP contribution in [0.25, 0.3) is 10.9 Å². The summed E-state index contributed by atoms with van der Waals surface area (Å²) in [5.74, 6) is 0.0781. The summed E-state index contributed by atoms with van der Waals surface area (Å²) in [4.78, 5) is 19.7. The molecular weight excluding hydrogens is 384 g/mol. The lowest BCUT2D eigenvalue weighted by atomic mass is 10.2. The van der Waals surface area contributed by atoms with Gasteiger partial charge in [0.25, 0.3) is 0 Å². The van der Waals surface area contributed by atoms with E-state index in [2.05, 4.69) is 15.3 Å². The van der Waals surface area contributed by atoms with Crippen LogP contribution < -0.4 is 14.8 Å². The van der Waals surface area contributed by atoms with Gasteiger partial charge in [-0.15, -0.1) is 12.4 Å². The van der Waals surface area contributed by atoms with Crippen molar-refractivity contribution in [2.75, 3.05) is 12.4 Å². The maximum absolute atomic E-state index is 13.3. The maximum Gasteiger partial charge on any atom is 0.308 e. The molecular formula is C17H14Cl2FN3O3. The highest BCUT2D eigenvalue weighted by atomic mass is 35.5. The Morgan fingerprint density at radius 3 is 2.62 bits per heavy atom. The molecule has 0 saturated heterocycles. The van der Waals surface area contributed by atoms with Crippen LogP contribution in [-0.2, 0) is 4.79 Å². The highest BCUT2D eigenvalue weighted by Gasteiger charge is 2.13. The van der Waals surface area contributed by atoms with Gasteiger partial charge in [-0.3, -0.25) is 4.79 Å². The van der Waals surface area contributed by atoms with Crippen molar-refractivity contribution < 1.29 is 18.7 Å². The molecule has 3 aromatic rings. The van der Waals surface area contributed by atoms with E-state index in [4.69, 9.17) is 21.1 Å². The zero-order chi connectivity index (χ0) is 18.0. The van der Waals surface area contributed by atoms with Crippen LogP contribution in [0.2, 0.25) is 5.02 Å². The molecule has 136 valence electrons. The number of ether oxygens (including phenoxy) is 2. The number of nitrogens with zero attached hydrogens (tertiary/aromatic N) is 2. The number of hydrogen-bond donors (Lipinski definition) is 1. The summed E-state index contributed by atoms with van der Waals surface area (Å²) in [5.41, 5.74) is 1.13. The van der Waals surface area contributed by atoms with Crippen LogP contribution >= 0.6 is 24.0 Å². The number of benzene rings is 2. The van der Waals surface area contributed by atoms with E-state index >= 15 is 0 Å². The van der Waals surface area contributed by atoms with Crippen LogP contribution in [-0.4, -0.2) is 23.0 Å². The molecule has 0 radical (unpaired) electrons. The Morgan fingerprint density at radius 1 is 1.19 bits per heavy atom. The van der Waals surface area contributed by atoms with Crippen LogP contribution in [0.5, 0.6) is 11.5 Å². The molecule has 1 N–H and O–H groups in total. The minimum atomic E-state index is -0.512. The topological polar surface area (TPSA) is 73.3 Å². The number of nitrogens with one attached hydrogen (secondary N) is 1. The molecule has 0 bridgehead atoms. The highest BCUT2D eigenvalue weighted by Crippen LogP contribution is 2.35. The molecule has 0 amide bonds. The largest absolute Gasteiger partial charge is 0.493 e. The number of halogens is 3. The molecule has 0 aliphatic rings. The molecule has 0 aliphatic carbocycles. The fraction of sp³-hybridized carbons (Fsp3) is 0.118. The Bertz CT molecular complexity index is 969. The average molecular weight is 398 g/mol. The number of esters is 1. The smallest absolute Gasteiger partial charge is 0.308 e. The number of methoxy groups -OCH3 is 1. The fourth-order valence-electron chi connectivity index (χ4n) is 2.27. The van der Waals surface area contributed by atoms with Crippen LogP contribution in [0.1, 0.15) is 6.92 Å². The lowest BCUT2D eigenvalue weighted by Gasteiger charge is -2.12. The predicted octanol–water partition coefficient (Wildman–Crippen LogP) is 4.52. The zero-order valence-electron chi connectivity index (χ0n) is 13.7. The quantitative estimate of drug-likeness (QED) is 0.515. The SMILES string of the molecule is COc1cc2ncnc(Nc3ccc(F)c(Cl)c3)c2cc1OC(C)=O.Cl. The molecule has 1 heterocycles.